The summed E-state index contributed by atoms with van der Waals surface area (Å²) in [6.45, 7) is 2.66. The number of benzene rings is 1. The third kappa shape index (κ3) is 3.28. The molecule has 0 unspecified atom stereocenters. The Hall–Kier alpha value is -3.09. The van der Waals surface area contributed by atoms with Crippen molar-refractivity contribution < 1.29 is 9.18 Å². The average Bonchev–Trinajstić information content (AvgIpc) is 3.48. The monoisotopic (exact) mass is 379 g/mol. The lowest BCUT2D eigenvalue weighted by molar-refractivity contribution is 0.208. The fraction of sp³-hybridized carbons (Fsp3) is 0.333. The molecule has 1 aliphatic heterocycles. The van der Waals surface area contributed by atoms with Crippen LogP contribution in [0.25, 0.3) is 5.65 Å². The fourth-order valence-electron chi connectivity index (χ4n) is 3.69. The number of halogens is 1. The molecule has 1 saturated heterocycles. The van der Waals surface area contributed by atoms with Crippen molar-refractivity contribution in [3.63, 3.8) is 0 Å². The summed E-state index contributed by atoms with van der Waals surface area (Å²) in [5.74, 6) is 0.216. The summed E-state index contributed by atoms with van der Waals surface area (Å²) in [6, 6.07) is 10.1. The van der Waals surface area contributed by atoms with E-state index < -0.39 is 5.82 Å². The lowest BCUT2D eigenvalue weighted by Crippen LogP contribution is -2.50. The van der Waals surface area contributed by atoms with Gasteiger partial charge >= 0.3 is 6.03 Å². The highest BCUT2D eigenvalue weighted by Crippen LogP contribution is 2.39. The van der Waals surface area contributed by atoms with Crippen molar-refractivity contribution in [2.75, 3.05) is 36.4 Å². The van der Waals surface area contributed by atoms with Gasteiger partial charge in [0.15, 0.2) is 0 Å². The van der Waals surface area contributed by atoms with Crippen molar-refractivity contribution in [3.8, 4) is 0 Å². The molecule has 144 valence electrons. The van der Waals surface area contributed by atoms with Crippen LogP contribution >= 0.6 is 0 Å². The van der Waals surface area contributed by atoms with Gasteiger partial charge in [-0.2, -0.15) is 0 Å². The number of fused-ring (bicyclic) bond motifs is 1. The Bertz CT molecular complexity index is 1020. The Morgan fingerprint density at radius 1 is 1.04 bits per heavy atom. The molecule has 0 spiro atoms. The van der Waals surface area contributed by atoms with Crippen molar-refractivity contribution in [1.82, 2.24) is 14.3 Å². The molecule has 28 heavy (non-hydrogen) atoms. The number of urea groups is 1. The summed E-state index contributed by atoms with van der Waals surface area (Å²) in [5, 5.41) is 2.66. The lowest BCUT2D eigenvalue weighted by Gasteiger charge is -2.36. The van der Waals surface area contributed by atoms with E-state index in [2.05, 4.69) is 39.1 Å². The summed E-state index contributed by atoms with van der Waals surface area (Å²) in [7, 11) is 0. The normalized spacial score (nSPS) is 17.2. The summed E-state index contributed by atoms with van der Waals surface area (Å²) < 4.78 is 15.8. The van der Waals surface area contributed by atoms with Crippen LogP contribution in [-0.2, 0) is 0 Å². The maximum Gasteiger partial charge on any atom is 0.322 e. The SMILES string of the molecule is O=C(Nc1ccccc1F)N1CCN(c2ccc3nc(C4CC4)cn3c2)CC1. The molecule has 5 rings (SSSR count). The molecule has 3 heterocycles. The highest BCUT2D eigenvalue weighted by atomic mass is 19.1. The molecule has 6 nitrogen and oxygen atoms in total. The van der Waals surface area contributed by atoms with Gasteiger partial charge in [-0.05, 0) is 37.1 Å². The predicted octanol–water partition coefficient (Wildman–Crippen LogP) is 3.70. The summed E-state index contributed by atoms with van der Waals surface area (Å²) in [5.41, 5.74) is 3.51. The van der Waals surface area contributed by atoms with Gasteiger partial charge in [0.2, 0.25) is 0 Å². The van der Waals surface area contributed by atoms with Gasteiger partial charge in [-0.25, -0.2) is 14.2 Å². The molecule has 2 fully saturated rings. The van der Waals surface area contributed by atoms with Gasteiger partial charge in [-0.15, -0.1) is 0 Å². The molecule has 2 aromatic heterocycles. The zero-order valence-electron chi connectivity index (χ0n) is 15.5. The number of hydrogen-bond acceptors (Lipinski definition) is 3. The van der Waals surface area contributed by atoms with E-state index >= 15 is 0 Å². The average molecular weight is 379 g/mol. The number of amides is 2. The molecule has 3 aromatic rings. The number of nitrogens with one attached hydrogen (secondary N) is 1. The minimum absolute atomic E-state index is 0.215. The van der Waals surface area contributed by atoms with Crippen LogP contribution in [0.4, 0.5) is 20.6 Å². The lowest BCUT2D eigenvalue weighted by atomic mass is 10.2. The van der Waals surface area contributed by atoms with Gasteiger partial charge in [0, 0.05) is 44.5 Å². The molecule has 7 heteroatoms. The van der Waals surface area contributed by atoms with Crippen LogP contribution in [0.2, 0.25) is 0 Å². The van der Waals surface area contributed by atoms with E-state index in [1.807, 2.05) is 0 Å². The largest absolute Gasteiger partial charge is 0.367 e. The maximum absolute atomic E-state index is 13.7. The van der Waals surface area contributed by atoms with E-state index in [4.69, 9.17) is 4.98 Å². The van der Waals surface area contributed by atoms with Crippen molar-refractivity contribution in [2.45, 2.75) is 18.8 Å². The van der Waals surface area contributed by atoms with Crippen LogP contribution in [0.5, 0.6) is 0 Å². The number of aromatic nitrogens is 2. The van der Waals surface area contributed by atoms with Crippen LogP contribution in [-0.4, -0.2) is 46.5 Å². The Balaban J connectivity index is 1.23. The fourth-order valence-corrected chi connectivity index (χ4v) is 3.69. The van der Waals surface area contributed by atoms with Crippen LogP contribution in [0.1, 0.15) is 24.5 Å². The van der Waals surface area contributed by atoms with Crippen LogP contribution in [0.3, 0.4) is 0 Å². The number of carbonyl (C=O) groups excluding carboxylic acids is 1. The number of nitrogens with zero attached hydrogens (tertiary/aromatic N) is 4. The standard InChI is InChI=1S/C21H22FN5O/c22-17-3-1-2-4-18(17)24-21(28)26-11-9-25(10-12-26)16-7-8-20-23-19(15-5-6-15)14-27(20)13-16/h1-4,7-8,13-15H,5-6,9-12H2,(H,24,28). The summed E-state index contributed by atoms with van der Waals surface area (Å²) in [6.07, 6.45) is 6.74. The van der Waals surface area contributed by atoms with E-state index in [1.54, 1.807) is 23.1 Å². The van der Waals surface area contributed by atoms with Crippen molar-refractivity contribution >= 4 is 23.1 Å². The quantitative estimate of drug-likeness (QED) is 0.755. The molecule has 0 atom stereocenters. The number of para-hydroxylation sites is 1. The van der Waals surface area contributed by atoms with E-state index in [0.29, 0.717) is 19.0 Å². The van der Waals surface area contributed by atoms with E-state index in [1.165, 1.54) is 24.6 Å². The third-order valence-corrected chi connectivity index (χ3v) is 5.50. The van der Waals surface area contributed by atoms with Gasteiger partial charge in [-0.1, -0.05) is 12.1 Å². The first-order chi connectivity index (χ1) is 13.7. The van der Waals surface area contributed by atoms with Gasteiger partial charge in [0.25, 0.3) is 0 Å². The number of anilines is 2. The first-order valence-corrected chi connectivity index (χ1v) is 9.71. The minimum atomic E-state index is -0.423. The topological polar surface area (TPSA) is 52.9 Å². The molecular weight excluding hydrogens is 357 g/mol. The van der Waals surface area contributed by atoms with Crippen LogP contribution in [0.15, 0.2) is 48.8 Å². The van der Waals surface area contributed by atoms with Gasteiger partial charge < -0.3 is 19.5 Å². The molecule has 2 aliphatic rings. The van der Waals surface area contributed by atoms with Crippen molar-refractivity contribution in [1.29, 1.82) is 0 Å². The van der Waals surface area contributed by atoms with Crippen LogP contribution in [0, 0.1) is 5.82 Å². The summed E-state index contributed by atoms with van der Waals surface area (Å²) >= 11 is 0. The number of piperazine rings is 1. The Kier molecular flexibility index (Phi) is 4.15. The van der Waals surface area contributed by atoms with Crippen LogP contribution < -0.4 is 10.2 Å². The van der Waals surface area contributed by atoms with Gasteiger partial charge in [-0.3, -0.25) is 0 Å². The smallest absolute Gasteiger partial charge is 0.322 e. The minimum Gasteiger partial charge on any atom is -0.367 e. The molecule has 1 saturated carbocycles. The first kappa shape index (κ1) is 17.0. The molecule has 0 bridgehead atoms. The highest BCUT2D eigenvalue weighted by Gasteiger charge is 2.26. The highest BCUT2D eigenvalue weighted by molar-refractivity contribution is 5.89. The second-order valence-electron chi connectivity index (χ2n) is 7.48. The van der Waals surface area contributed by atoms with E-state index in [-0.39, 0.29) is 11.7 Å². The second-order valence-corrected chi connectivity index (χ2v) is 7.48. The van der Waals surface area contributed by atoms with Crippen molar-refractivity contribution in [2.24, 2.45) is 0 Å². The number of hydrogen-bond donors (Lipinski definition) is 1. The Labute approximate surface area is 162 Å². The maximum atomic E-state index is 13.7. The Morgan fingerprint density at radius 2 is 1.82 bits per heavy atom. The molecule has 1 aliphatic carbocycles. The molecule has 1 aromatic carbocycles. The van der Waals surface area contributed by atoms with Gasteiger partial charge in [0.05, 0.1) is 17.1 Å². The van der Waals surface area contributed by atoms with E-state index in [0.717, 1.165) is 24.4 Å². The molecule has 0 radical (unpaired) electrons. The number of pyridine rings is 1. The third-order valence-electron chi connectivity index (χ3n) is 5.50. The molecule has 2 amide bonds. The number of imidazole rings is 1. The number of rotatable bonds is 3. The molecule has 1 N–H and O–H groups in total. The second kappa shape index (κ2) is 6.82. The van der Waals surface area contributed by atoms with E-state index in [9.17, 15) is 9.18 Å². The first-order valence-electron chi connectivity index (χ1n) is 9.71. The zero-order valence-corrected chi connectivity index (χ0v) is 15.5. The van der Waals surface area contributed by atoms with Crippen molar-refractivity contribution in [3.05, 3.63) is 60.3 Å². The Morgan fingerprint density at radius 3 is 2.57 bits per heavy atom. The van der Waals surface area contributed by atoms with Gasteiger partial charge in [0.1, 0.15) is 11.5 Å². The number of carbonyl (C=O) groups is 1. The summed E-state index contributed by atoms with van der Waals surface area (Å²) in [4.78, 5) is 21.1. The predicted molar refractivity (Wildman–Crippen MR) is 106 cm³/mol. The zero-order chi connectivity index (χ0) is 19.1. The molecular formula is C21H22FN5O.